The fourth-order valence-corrected chi connectivity index (χ4v) is 8.86. The molecule has 1 saturated heterocycles. The number of amides is 2. The summed E-state index contributed by atoms with van der Waals surface area (Å²) < 4.78 is 2.36. The lowest BCUT2D eigenvalue weighted by Gasteiger charge is -2.28. The molecule has 0 radical (unpaired) electrons. The first kappa shape index (κ1) is 33.5. The minimum atomic E-state index is -0.616. The zero-order valence-electron chi connectivity index (χ0n) is 28.8. The van der Waals surface area contributed by atoms with Gasteiger partial charge in [0, 0.05) is 36.3 Å². The number of pyridine rings is 1. The third-order valence-electron chi connectivity index (χ3n) is 11.2. The van der Waals surface area contributed by atoms with E-state index in [2.05, 4.69) is 49.2 Å². The van der Waals surface area contributed by atoms with Crippen molar-refractivity contribution in [1.82, 2.24) is 29.6 Å². The number of benzene rings is 1. The highest BCUT2D eigenvalue weighted by molar-refractivity contribution is 9.10. The molecule has 11 heteroatoms. The second kappa shape index (κ2) is 13.4. The number of halogens is 1. The van der Waals surface area contributed by atoms with Gasteiger partial charge in [-0.3, -0.25) is 19.1 Å². The third kappa shape index (κ3) is 6.30. The SMILES string of the molecule is CC(=O)c1nn2c3c(cc(-c4cnc(C)nc4)cc13)CCCCCCCCC[C@@]13C[C@@H](C(=O)Nc4nc(Br)ccc4C)N(C(=O)C2)[C@@H]1[C@@H]3C. The molecule has 256 valence electrons. The van der Waals surface area contributed by atoms with Gasteiger partial charge in [-0.05, 0) is 102 Å². The normalized spacial score (nSPS) is 24.4. The van der Waals surface area contributed by atoms with Crippen molar-refractivity contribution in [1.29, 1.82) is 0 Å². The molecule has 1 aromatic carbocycles. The molecule has 5 heterocycles. The number of carbonyl (C=O) groups is 3. The van der Waals surface area contributed by atoms with Crippen LogP contribution in [0.25, 0.3) is 22.0 Å². The van der Waals surface area contributed by atoms with Gasteiger partial charge in [-0.15, -0.1) is 0 Å². The van der Waals surface area contributed by atoms with E-state index in [-0.39, 0.29) is 35.6 Å². The number of ketones is 1. The van der Waals surface area contributed by atoms with Crippen LogP contribution in [0.4, 0.5) is 5.82 Å². The standard InChI is InChI=1S/C38H44BrN7O3/c1-22-13-14-31(39)42-36(22)43-37(49)30-18-38-15-11-9-7-5-6-8-10-12-26-16-27(28-19-40-25(4)41-20-28)17-29-33(24(3)47)44-45(34(26)29)21-32(48)46(30)35(38)23(38)2/h13-14,16-17,19-20,23,30,35H,5-12,15,18,21H2,1-4H3,(H,42,43,49)/t23-,30-,35+,38-/m0/s1. The molecule has 1 saturated carbocycles. The van der Waals surface area contributed by atoms with E-state index in [0.29, 0.717) is 34.3 Å². The molecule has 3 aromatic heterocycles. The van der Waals surface area contributed by atoms with Crippen LogP contribution in [-0.2, 0) is 22.6 Å². The number of Topliss-reactive ketones (excluding diaryl/α,β-unsaturated/α-hetero) is 1. The fraction of sp³-hybridized carbons (Fsp3) is 0.500. The van der Waals surface area contributed by atoms with Crippen LogP contribution in [0.3, 0.4) is 0 Å². The Labute approximate surface area is 295 Å². The summed E-state index contributed by atoms with van der Waals surface area (Å²) in [6, 6.07) is 7.25. The summed E-state index contributed by atoms with van der Waals surface area (Å²) >= 11 is 3.42. The molecule has 2 aliphatic heterocycles. The van der Waals surface area contributed by atoms with Crippen LogP contribution in [0.15, 0.2) is 41.3 Å². The summed E-state index contributed by atoms with van der Waals surface area (Å²) in [5, 5.41) is 8.58. The van der Waals surface area contributed by atoms with E-state index in [9.17, 15) is 14.4 Å². The summed E-state index contributed by atoms with van der Waals surface area (Å²) in [5.41, 5.74) is 4.77. The largest absolute Gasteiger partial charge is 0.325 e. The van der Waals surface area contributed by atoms with Crippen LogP contribution in [0, 0.1) is 25.2 Å². The number of piperidine rings is 1. The maximum atomic E-state index is 14.6. The van der Waals surface area contributed by atoms with Gasteiger partial charge in [-0.25, -0.2) is 15.0 Å². The first-order valence-electron chi connectivity index (χ1n) is 17.7. The number of aryl methyl sites for hydroxylation is 3. The lowest BCUT2D eigenvalue weighted by molar-refractivity contribution is -0.138. The van der Waals surface area contributed by atoms with Crippen molar-refractivity contribution in [3.05, 3.63) is 63.9 Å². The van der Waals surface area contributed by atoms with Crippen molar-refractivity contribution in [2.75, 3.05) is 5.32 Å². The highest BCUT2D eigenvalue weighted by Gasteiger charge is 2.71. The van der Waals surface area contributed by atoms with E-state index >= 15 is 0 Å². The van der Waals surface area contributed by atoms with Crippen LogP contribution in [0.2, 0.25) is 0 Å². The number of carbonyl (C=O) groups excluding carboxylic acids is 3. The Hall–Kier alpha value is -3.99. The van der Waals surface area contributed by atoms with Crippen molar-refractivity contribution in [3.63, 3.8) is 0 Å². The molecular weight excluding hydrogens is 682 g/mol. The number of nitrogens with one attached hydrogen (secondary N) is 1. The lowest BCUT2D eigenvalue weighted by Crippen LogP contribution is -2.47. The Morgan fingerprint density at radius 2 is 1.69 bits per heavy atom. The predicted octanol–water partition coefficient (Wildman–Crippen LogP) is 7.39. The first-order valence-corrected chi connectivity index (χ1v) is 18.5. The Morgan fingerprint density at radius 1 is 0.980 bits per heavy atom. The third-order valence-corrected chi connectivity index (χ3v) is 11.7. The molecule has 2 fully saturated rings. The van der Waals surface area contributed by atoms with Gasteiger partial charge in [0.2, 0.25) is 11.8 Å². The van der Waals surface area contributed by atoms with Gasteiger partial charge in [0.25, 0.3) is 0 Å². The smallest absolute Gasteiger partial charge is 0.248 e. The summed E-state index contributed by atoms with van der Waals surface area (Å²) in [6.07, 6.45) is 14.0. The Morgan fingerprint density at radius 3 is 2.43 bits per heavy atom. The molecule has 1 N–H and O–H groups in total. The molecule has 1 aliphatic carbocycles. The highest BCUT2D eigenvalue weighted by Crippen LogP contribution is 2.67. The van der Waals surface area contributed by atoms with Crippen molar-refractivity contribution in [2.24, 2.45) is 11.3 Å². The number of anilines is 1. The van der Waals surface area contributed by atoms with Crippen molar-refractivity contribution in [2.45, 2.75) is 111 Å². The van der Waals surface area contributed by atoms with Gasteiger partial charge in [-0.1, -0.05) is 51.5 Å². The van der Waals surface area contributed by atoms with Crippen molar-refractivity contribution >= 4 is 50.2 Å². The molecule has 4 atom stereocenters. The number of hydrogen-bond acceptors (Lipinski definition) is 7. The fourth-order valence-electron chi connectivity index (χ4n) is 8.55. The van der Waals surface area contributed by atoms with Crippen LogP contribution in [0.1, 0.15) is 99.1 Å². The van der Waals surface area contributed by atoms with E-state index in [0.717, 1.165) is 71.7 Å². The van der Waals surface area contributed by atoms with Crippen LogP contribution >= 0.6 is 15.9 Å². The van der Waals surface area contributed by atoms with E-state index < -0.39 is 6.04 Å². The maximum Gasteiger partial charge on any atom is 0.248 e. The number of nitrogens with zero attached hydrogens (tertiary/aromatic N) is 6. The molecule has 4 aromatic rings. The molecule has 3 aliphatic rings. The summed E-state index contributed by atoms with van der Waals surface area (Å²) in [7, 11) is 0. The topological polar surface area (TPSA) is 123 Å². The second-order valence-corrected chi connectivity index (χ2v) is 15.2. The van der Waals surface area contributed by atoms with Crippen LogP contribution in [-0.4, -0.2) is 59.3 Å². The van der Waals surface area contributed by atoms with Gasteiger partial charge in [0.05, 0.1) is 5.52 Å². The molecule has 0 spiro atoms. The summed E-state index contributed by atoms with van der Waals surface area (Å²) in [4.78, 5) is 56.9. The van der Waals surface area contributed by atoms with E-state index in [1.54, 1.807) is 4.68 Å². The Balaban J connectivity index is 1.29. The maximum absolute atomic E-state index is 14.6. The number of rotatable bonds is 4. The predicted molar refractivity (Wildman–Crippen MR) is 192 cm³/mol. The quantitative estimate of drug-likeness (QED) is 0.172. The molecule has 2 bridgehead atoms. The second-order valence-electron chi connectivity index (χ2n) is 14.4. The highest BCUT2D eigenvalue weighted by atomic mass is 79.9. The Kier molecular flexibility index (Phi) is 9.15. The van der Waals surface area contributed by atoms with Crippen LogP contribution < -0.4 is 5.32 Å². The summed E-state index contributed by atoms with van der Waals surface area (Å²) in [6.45, 7) is 7.46. The van der Waals surface area contributed by atoms with Gasteiger partial charge in [-0.2, -0.15) is 5.10 Å². The van der Waals surface area contributed by atoms with Crippen molar-refractivity contribution < 1.29 is 14.4 Å². The Bertz CT molecular complexity index is 1940. The molecule has 7 rings (SSSR count). The molecular formula is C38H44BrN7O3. The van der Waals surface area contributed by atoms with E-state index in [1.807, 2.05) is 49.3 Å². The van der Waals surface area contributed by atoms with E-state index in [1.165, 1.54) is 26.2 Å². The van der Waals surface area contributed by atoms with Gasteiger partial charge >= 0.3 is 0 Å². The lowest BCUT2D eigenvalue weighted by atomic mass is 9.89. The number of hydrogen-bond donors (Lipinski definition) is 1. The van der Waals surface area contributed by atoms with E-state index in [4.69, 9.17) is 5.10 Å². The molecule has 2 amide bonds. The average molecular weight is 727 g/mol. The average Bonchev–Trinajstić information content (AvgIpc) is 3.34. The van der Waals surface area contributed by atoms with Gasteiger partial charge < -0.3 is 10.2 Å². The van der Waals surface area contributed by atoms with Crippen molar-refractivity contribution in [3.8, 4) is 11.1 Å². The molecule has 49 heavy (non-hydrogen) atoms. The summed E-state index contributed by atoms with van der Waals surface area (Å²) in [5.74, 6) is 0.966. The zero-order valence-corrected chi connectivity index (χ0v) is 30.3. The number of aromatic nitrogens is 5. The zero-order chi connectivity index (χ0) is 34.4. The van der Waals surface area contributed by atoms with Crippen LogP contribution in [0.5, 0.6) is 0 Å². The van der Waals surface area contributed by atoms with Gasteiger partial charge in [0.15, 0.2) is 5.78 Å². The molecule has 0 unspecified atom stereocenters. The first-order chi connectivity index (χ1) is 23.6. The molecule has 10 nitrogen and oxygen atoms in total. The minimum Gasteiger partial charge on any atom is -0.325 e. The minimum absolute atomic E-state index is 0.00952. The van der Waals surface area contributed by atoms with Gasteiger partial charge in [0.1, 0.15) is 34.5 Å². The monoisotopic (exact) mass is 725 g/mol.